The molecule has 2 heterocycles. The van der Waals surface area contributed by atoms with Crippen LogP contribution in [0.3, 0.4) is 0 Å². The zero-order valence-electron chi connectivity index (χ0n) is 15.7. The first-order valence-corrected chi connectivity index (χ1v) is 11.0. The van der Waals surface area contributed by atoms with Crippen LogP contribution in [-0.4, -0.2) is 27.2 Å². The maximum atomic E-state index is 12.5. The van der Waals surface area contributed by atoms with Gasteiger partial charge in [0.25, 0.3) is 0 Å². The minimum absolute atomic E-state index is 0.139. The van der Waals surface area contributed by atoms with E-state index in [9.17, 15) is 10.1 Å². The molecule has 1 N–H and O–H groups in total. The lowest BCUT2D eigenvalue weighted by atomic mass is 9.98. The molecule has 4 rings (SSSR count). The van der Waals surface area contributed by atoms with Crippen molar-refractivity contribution in [1.82, 2.24) is 15.3 Å². The van der Waals surface area contributed by atoms with E-state index < -0.39 is 5.54 Å². The quantitative estimate of drug-likeness (QED) is 0.477. The van der Waals surface area contributed by atoms with E-state index >= 15 is 0 Å². The summed E-state index contributed by atoms with van der Waals surface area (Å²) in [5, 5.41) is 16.2. The fourth-order valence-corrected chi connectivity index (χ4v) is 5.04. The number of nitriles is 1. The Kier molecular flexibility index (Phi) is 5.09. The highest BCUT2D eigenvalue weighted by atomic mass is 32.2. The van der Waals surface area contributed by atoms with Crippen LogP contribution in [0, 0.1) is 24.2 Å². The van der Waals surface area contributed by atoms with Gasteiger partial charge in [-0.15, -0.1) is 11.3 Å². The Balaban J connectivity index is 1.56. The normalized spacial score (nSPS) is 15.8. The second-order valence-corrected chi connectivity index (χ2v) is 9.12. The van der Waals surface area contributed by atoms with E-state index in [1.54, 1.807) is 17.7 Å². The fraction of sp³-hybridized carbons (Fsp3) is 0.333. The van der Waals surface area contributed by atoms with E-state index in [4.69, 9.17) is 0 Å². The van der Waals surface area contributed by atoms with Crippen LogP contribution in [0.1, 0.15) is 25.3 Å². The average molecular weight is 409 g/mol. The van der Waals surface area contributed by atoms with Crippen molar-refractivity contribution >= 4 is 39.2 Å². The molecule has 1 aliphatic rings. The second kappa shape index (κ2) is 7.53. The molecule has 7 heteroatoms. The number of thioether (sulfide) groups is 1. The summed E-state index contributed by atoms with van der Waals surface area (Å²) < 4.78 is 0. The molecule has 2 aromatic heterocycles. The van der Waals surface area contributed by atoms with E-state index in [-0.39, 0.29) is 17.6 Å². The predicted molar refractivity (Wildman–Crippen MR) is 113 cm³/mol. The van der Waals surface area contributed by atoms with E-state index in [0.29, 0.717) is 0 Å². The van der Waals surface area contributed by atoms with E-state index in [1.165, 1.54) is 17.3 Å². The Hall–Kier alpha value is -2.43. The molecule has 5 nitrogen and oxygen atoms in total. The minimum Gasteiger partial charge on any atom is -0.337 e. The van der Waals surface area contributed by atoms with Crippen molar-refractivity contribution in [3.8, 4) is 17.2 Å². The first-order chi connectivity index (χ1) is 13.5. The van der Waals surface area contributed by atoms with Gasteiger partial charge < -0.3 is 5.32 Å². The number of nitrogens with zero attached hydrogens (tertiary/aromatic N) is 3. The molecule has 142 valence electrons. The fourth-order valence-electron chi connectivity index (χ4n) is 3.24. The number of thiophene rings is 1. The summed E-state index contributed by atoms with van der Waals surface area (Å²) in [5.41, 5.74) is 2.64. The topological polar surface area (TPSA) is 78.7 Å². The minimum atomic E-state index is -0.770. The molecule has 1 aromatic carbocycles. The Bertz CT molecular complexity index is 1070. The van der Waals surface area contributed by atoms with Gasteiger partial charge in [0.1, 0.15) is 21.7 Å². The summed E-state index contributed by atoms with van der Waals surface area (Å²) in [6.45, 7) is 3.87. The lowest BCUT2D eigenvalue weighted by Gasteiger charge is -2.22. The molecule has 0 aliphatic heterocycles. The van der Waals surface area contributed by atoms with Crippen molar-refractivity contribution in [3.63, 3.8) is 0 Å². The number of benzene rings is 1. The molecule has 0 unspecified atom stereocenters. The maximum Gasteiger partial charge on any atom is 0.231 e. The maximum absolute atomic E-state index is 12.5. The highest BCUT2D eigenvalue weighted by molar-refractivity contribution is 8.00. The molecule has 0 saturated heterocycles. The number of nitrogens with one attached hydrogen (secondary N) is 1. The first kappa shape index (κ1) is 18.9. The number of rotatable bonds is 6. The molecular formula is C21H20N4OS2. The van der Waals surface area contributed by atoms with Crippen molar-refractivity contribution in [2.75, 3.05) is 5.75 Å². The van der Waals surface area contributed by atoms with Gasteiger partial charge in [-0.25, -0.2) is 9.97 Å². The van der Waals surface area contributed by atoms with Gasteiger partial charge in [0.15, 0.2) is 0 Å². The Morgan fingerprint density at radius 3 is 2.79 bits per heavy atom. The van der Waals surface area contributed by atoms with Crippen LogP contribution in [0.15, 0.2) is 41.0 Å². The third kappa shape index (κ3) is 3.75. The summed E-state index contributed by atoms with van der Waals surface area (Å²) in [7, 11) is 0. The van der Waals surface area contributed by atoms with Crippen molar-refractivity contribution in [1.29, 1.82) is 5.26 Å². The monoisotopic (exact) mass is 408 g/mol. The summed E-state index contributed by atoms with van der Waals surface area (Å²) in [6, 6.07) is 10.6. The number of carbonyl (C=O) groups is 1. The molecule has 1 saturated carbocycles. The highest BCUT2D eigenvalue weighted by Crippen LogP contribution is 2.40. The number of fused-ring (bicyclic) bond motifs is 1. The van der Waals surface area contributed by atoms with Crippen molar-refractivity contribution in [2.24, 2.45) is 5.92 Å². The van der Waals surface area contributed by atoms with Crippen LogP contribution in [0.4, 0.5) is 0 Å². The zero-order valence-corrected chi connectivity index (χ0v) is 17.4. The average Bonchev–Trinajstić information content (AvgIpc) is 3.47. The van der Waals surface area contributed by atoms with Gasteiger partial charge in [0.2, 0.25) is 5.91 Å². The Morgan fingerprint density at radius 2 is 2.11 bits per heavy atom. The summed E-state index contributed by atoms with van der Waals surface area (Å²) >= 11 is 2.97. The molecule has 1 amide bonds. The second-order valence-electron chi connectivity index (χ2n) is 7.30. The molecule has 1 fully saturated rings. The van der Waals surface area contributed by atoms with Gasteiger partial charge in [-0.2, -0.15) is 5.26 Å². The molecule has 1 atom stereocenters. The van der Waals surface area contributed by atoms with Crippen LogP contribution >= 0.6 is 23.1 Å². The van der Waals surface area contributed by atoms with Crippen molar-refractivity contribution < 1.29 is 4.79 Å². The van der Waals surface area contributed by atoms with Crippen LogP contribution in [0.5, 0.6) is 0 Å². The van der Waals surface area contributed by atoms with Crippen LogP contribution in [-0.2, 0) is 4.79 Å². The molecule has 1 aliphatic carbocycles. The molecule has 28 heavy (non-hydrogen) atoms. The summed E-state index contributed by atoms with van der Waals surface area (Å²) in [5.74, 6) is 0.348. The molecule has 0 bridgehead atoms. The number of hydrogen-bond donors (Lipinski definition) is 1. The van der Waals surface area contributed by atoms with Crippen molar-refractivity contribution in [3.05, 3.63) is 41.5 Å². The number of amides is 1. The number of aromatic nitrogens is 2. The SMILES string of the molecule is Cc1ccc(-c2csc3ncnc(SCC(=O)N[C@@](C)(C#N)C4CC4)c23)cc1. The van der Waals surface area contributed by atoms with Crippen LogP contribution < -0.4 is 5.32 Å². The van der Waals surface area contributed by atoms with Gasteiger partial charge in [-0.1, -0.05) is 41.6 Å². The van der Waals surface area contributed by atoms with Crippen LogP contribution in [0.25, 0.3) is 21.3 Å². The lowest BCUT2D eigenvalue weighted by molar-refractivity contribution is -0.119. The van der Waals surface area contributed by atoms with E-state index in [1.807, 2.05) is 6.92 Å². The number of hydrogen-bond acceptors (Lipinski definition) is 6. The zero-order chi connectivity index (χ0) is 19.7. The molecular weight excluding hydrogens is 388 g/mol. The van der Waals surface area contributed by atoms with Gasteiger partial charge >= 0.3 is 0 Å². The van der Waals surface area contributed by atoms with E-state index in [0.717, 1.165) is 39.2 Å². The lowest BCUT2D eigenvalue weighted by Crippen LogP contribution is -2.47. The highest BCUT2D eigenvalue weighted by Gasteiger charge is 2.42. The first-order valence-electron chi connectivity index (χ1n) is 9.14. The third-order valence-electron chi connectivity index (χ3n) is 5.06. The van der Waals surface area contributed by atoms with Gasteiger partial charge in [-0.3, -0.25) is 4.79 Å². The van der Waals surface area contributed by atoms with Gasteiger partial charge in [0, 0.05) is 10.9 Å². The van der Waals surface area contributed by atoms with Crippen molar-refractivity contribution in [2.45, 2.75) is 37.3 Å². The Morgan fingerprint density at radius 1 is 1.36 bits per heavy atom. The number of aryl methyl sites for hydroxylation is 1. The predicted octanol–water partition coefficient (Wildman–Crippen LogP) is 4.57. The molecule has 0 radical (unpaired) electrons. The van der Waals surface area contributed by atoms with E-state index in [2.05, 4.69) is 57.9 Å². The van der Waals surface area contributed by atoms with Crippen LogP contribution in [0.2, 0.25) is 0 Å². The standard InChI is InChI=1S/C21H20N4OS2/c1-13-3-5-14(6-4-13)16-9-27-19-18(16)20(24-12-23-19)28-10-17(26)25-21(2,11-22)15-7-8-15/h3-6,9,12,15H,7-8,10H2,1-2H3,(H,25,26)/t21-/m0/s1. The summed E-state index contributed by atoms with van der Waals surface area (Å²) in [6.07, 6.45) is 3.54. The van der Waals surface area contributed by atoms with Gasteiger partial charge in [0.05, 0.1) is 17.2 Å². The summed E-state index contributed by atoms with van der Waals surface area (Å²) in [4.78, 5) is 22.2. The molecule has 3 aromatic rings. The largest absolute Gasteiger partial charge is 0.337 e. The third-order valence-corrected chi connectivity index (χ3v) is 6.94. The Labute approximate surface area is 172 Å². The molecule has 0 spiro atoms. The van der Waals surface area contributed by atoms with Gasteiger partial charge in [-0.05, 0) is 38.2 Å². The number of carbonyl (C=O) groups excluding carboxylic acids is 1. The smallest absolute Gasteiger partial charge is 0.231 e.